The largest absolute Gasteiger partial charge is 0.339 e. The van der Waals surface area contributed by atoms with Crippen molar-refractivity contribution in [1.29, 1.82) is 0 Å². The van der Waals surface area contributed by atoms with Gasteiger partial charge in [-0.25, -0.2) is 0 Å². The number of benzene rings is 2. The molecule has 2 heterocycles. The lowest BCUT2D eigenvalue weighted by Crippen LogP contribution is -2.36. The smallest absolute Gasteiger partial charge is 0.246 e. The summed E-state index contributed by atoms with van der Waals surface area (Å²) in [5.74, 6) is 1.54. The molecule has 0 radical (unpaired) electrons. The predicted octanol–water partition coefficient (Wildman–Crippen LogP) is 4.46. The summed E-state index contributed by atoms with van der Waals surface area (Å²) < 4.78 is 5.49. The summed E-state index contributed by atoms with van der Waals surface area (Å²) >= 11 is 0. The van der Waals surface area contributed by atoms with E-state index in [-0.39, 0.29) is 11.8 Å². The van der Waals surface area contributed by atoms with Crippen molar-refractivity contribution in [2.75, 3.05) is 13.1 Å². The number of carbonyl (C=O) groups excluding carboxylic acids is 1. The second-order valence-corrected chi connectivity index (χ2v) is 7.17. The van der Waals surface area contributed by atoms with E-state index in [0.717, 1.165) is 24.0 Å². The number of hydrogen-bond donors (Lipinski definition) is 0. The van der Waals surface area contributed by atoms with E-state index in [1.165, 1.54) is 5.56 Å². The zero-order valence-electron chi connectivity index (χ0n) is 15.9. The van der Waals surface area contributed by atoms with Crippen molar-refractivity contribution in [3.63, 3.8) is 0 Å². The molecule has 0 atom stereocenters. The second kappa shape index (κ2) is 8.21. The highest BCUT2D eigenvalue weighted by Crippen LogP contribution is 2.28. The van der Waals surface area contributed by atoms with E-state index in [9.17, 15) is 4.79 Å². The van der Waals surface area contributed by atoms with Gasteiger partial charge in [0.25, 0.3) is 0 Å². The van der Waals surface area contributed by atoms with Crippen molar-refractivity contribution in [2.45, 2.75) is 25.7 Å². The summed E-state index contributed by atoms with van der Waals surface area (Å²) in [6.07, 6.45) is 5.20. The zero-order valence-corrected chi connectivity index (χ0v) is 15.9. The fraction of sp³-hybridized carbons (Fsp3) is 0.261. The van der Waals surface area contributed by atoms with Gasteiger partial charge in [0.05, 0.1) is 0 Å². The van der Waals surface area contributed by atoms with Gasteiger partial charge in [-0.15, -0.1) is 0 Å². The molecule has 0 aliphatic carbocycles. The van der Waals surface area contributed by atoms with Crippen LogP contribution < -0.4 is 0 Å². The van der Waals surface area contributed by atoms with E-state index >= 15 is 0 Å². The van der Waals surface area contributed by atoms with Crippen molar-refractivity contribution in [3.05, 3.63) is 77.7 Å². The topological polar surface area (TPSA) is 59.2 Å². The third-order valence-electron chi connectivity index (χ3n) is 5.13. The summed E-state index contributed by atoms with van der Waals surface area (Å²) in [7, 11) is 0. The molecule has 1 fully saturated rings. The molecule has 28 heavy (non-hydrogen) atoms. The van der Waals surface area contributed by atoms with E-state index in [4.69, 9.17) is 4.52 Å². The van der Waals surface area contributed by atoms with E-state index in [1.54, 1.807) is 6.08 Å². The Bertz CT molecular complexity index is 953. The highest BCUT2D eigenvalue weighted by Gasteiger charge is 2.26. The number of aryl methyl sites for hydroxylation is 1. The highest BCUT2D eigenvalue weighted by molar-refractivity contribution is 5.91. The Kier molecular flexibility index (Phi) is 5.33. The molecule has 1 aromatic heterocycles. The van der Waals surface area contributed by atoms with Gasteiger partial charge in [-0.1, -0.05) is 65.3 Å². The first-order valence-electron chi connectivity index (χ1n) is 9.62. The molecule has 1 amide bonds. The minimum absolute atomic E-state index is 0.0505. The van der Waals surface area contributed by atoms with Gasteiger partial charge in [-0.05, 0) is 31.4 Å². The molecule has 0 unspecified atom stereocenters. The van der Waals surface area contributed by atoms with Gasteiger partial charge in [0.1, 0.15) is 0 Å². The van der Waals surface area contributed by atoms with Crippen LogP contribution in [0.4, 0.5) is 0 Å². The van der Waals surface area contributed by atoms with Crippen LogP contribution in [-0.4, -0.2) is 34.0 Å². The molecule has 0 bridgehead atoms. The van der Waals surface area contributed by atoms with E-state index < -0.39 is 0 Å². The Labute approximate surface area is 164 Å². The normalized spacial score (nSPS) is 15.2. The minimum atomic E-state index is 0.0505. The number of amides is 1. The van der Waals surface area contributed by atoms with Crippen molar-refractivity contribution >= 4 is 12.0 Å². The van der Waals surface area contributed by atoms with Crippen LogP contribution in [0.1, 0.15) is 35.8 Å². The quantitative estimate of drug-likeness (QED) is 0.633. The molecule has 2 aromatic carbocycles. The molecule has 5 heteroatoms. The molecule has 3 aromatic rings. The van der Waals surface area contributed by atoms with Crippen LogP contribution in [0.15, 0.2) is 65.2 Å². The third kappa shape index (κ3) is 4.19. The molecule has 0 spiro atoms. The Morgan fingerprint density at radius 3 is 2.50 bits per heavy atom. The van der Waals surface area contributed by atoms with Gasteiger partial charge >= 0.3 is 0 Å². The first-order valence-corrected chi connectivity index (χ1v) is 9.62. The maximum Gasteiger partial charge on any atom is 0.246 e. The summed E-state index contributed by atoms with van der Waals surface area (Å²) in [6, 6.07) is 17.9. The Balaban J connectivity index is 1.34. The van der Waals surface area contributed by atoms with E-state index in [0.29, 0.717) is 24.8 Å². The highest BCUT2D eigenvalue weighted by atomic mass is 16.5. The summed E-state index contributed by atoms with van der Waals surface area (Å²) in [5.41, 5.74) is 3.20. The number of carbonyl (C=O) groups is 1. The molecule has 142 valence electrons. The summed E-state index contributed by atoms with van der Waals surface area (Å²) in [6.45, 7) is 3.45. The maximum atomic E-state index is 12.5. The van der Waals surface area contributed by atoms with Crippen molar-refractivity contribution in [1.82, 2.24) is 15.0 Å². The molecule has 1 saturated heterocycles. The Morgan fingerprint density at radius 1 is 1.07 bits per heavy atom. The molecule has 0 saturated carbocycles. The number of likely N-dealkylation sites (tertiary alicyclic amines) is 1. The van der Waals surface area contributed by atoms with Crippen LogP contribution in [0.5, 0.6) is 0 Å². The Morgan fingerprint density at radius 2 is 1.79 bits per heavy atom. The van der Waals surface area contributed by atoms with Gasteiger partial charge in [0.15, 0.2) is 0 Å². The number of aromatic nitrogens is 2. The summed E-state index contributed by atoms with van der Waals surface area (Å²) in [4.78, 5) is 18.9. The SMILES string of the molecule is Cc1ccc(C=CC(=O)N2CCC(c3nc(-c4ccccc4)no3)CC2)cc1. The number of hydrogen-bond acceptors (Lipinski definition) is 4. The fourth-order valence-electron chi connectivity index (χ4n) is 3.40. The number of rotatable bonds is 4. The molecule has 1 aliphatic rings. The monoisotopic (exact) mass is 373 g/mol. The van der Waals surface area contributed by atoms with Crippen molar-refractivity contribution in [3.8, 4) is 11.4 Å². The van der Waals surface area contributed by atoms with Gasteiger partial charge in [-0.3, -0.25) is 4.79 Å². The van der Waals surface area contributed by atoms with Crippen LogP contribution >= 0.6 is 0 Å². The lowest BCUT2D eigenvalue weighted by atomic mass is 9.96. The number of piperidine rings is 1. The fourth-order valence-corrected chi connectivity index (χ4v) is 3.40. The van der Waals surface area contributed by atoms with E-state index in [1.807, 2.05) is 65.6 Å². The van der Waals surface area contributed by atoms with Crippen LogP contribution in [0.25, 0.3) is 17.5 Å². The molecule has 4 rings (SSSR count). The lowest BCUT2D eigenvalue weighted by molar-refractivity contribution is -0.127. The van der Waals surface area contributed by atoms with Crippen LogP contribution in [0, 0.1) is 6.92 Å². The van der Waals surface area contributed by atoms with Gasteiger partial charge < -0.3 is 9.42 Å². The average molecular weight is 373 g/mol. The van der Waals surface area contributed by atoms with Crippen LogP contribution in [0.3, 0.4) is 0 Å². The molecular weight excluding hydrogens is 350 g/mol. The van der Waals surface area contributed by atoms with Crippen LogP contribution in [-0.2, 0) is 4.79 Å². The number of nitrogens with zero attached hydrogens (tertiary/aromatic N) is 3. The molecule has 0 N–H and O–H groups in total. The second-order valence-electron chi connectivity index (χ2n) is 7.17. The predicted molar refractivity (Wildman–Crippen MR) is 109 cm³/mol. The standard InChI is InChI=1S/C23H23N3O2/c1-17-7-9-18(10-8-17)11-12-21(27)26-15-13-20(14-16-26)23-24-22(25-28-23)19-5-3-2-4-6-19/h2-12,20H,13-16H2,1H3. The molecule has 1 aliphatic heterocycles. The molecule has 5 nitrogen and oxygen atoms in total. The average Bonchev–Trinajstić information content (AvgIpc) is 3.24. The van der Waals surface area contributed by atoms with Crippen LogP contribution in [0.2, 0.25) is 0 Å². The molecular formula is C23H23N3O2. The van der Waals surface area contributed by atoms with Crippen molar-refractivity contribution < 1.29 is 9.32 Å². The minimum Gasteiger partial charge on any atom is -0.339 e. The van der Waals surface area contributed by atoms with E-state index in [2.05, 4.69) is 17.1 Å². The lowest BCUT2D eigenvalue weighted by Gasteiger charge is -2.29. The third-order valence-corrected chi connectivity index (χ3v) is 5.13. The first kappa shape index (κ1) is 18.2. The van der Waals surface area contributed by atoms with Gasteiger partial charge in [0, 0.05) is 30.6 Å². The van der Waals surface area contributed by atoms with Gasteiger partial charge in [-0.2, -0.15) is 4.98 Å². The Hall–Kier alpha value is -3.21. The first-order chi connectivity index (χ1) is 13.7. The maximum absolute atomic E-state index is 12.5. The zero-order chi connectivity index (χ0) is 19.3. The van der Waals surface area contributed by atoms with Crippen molar-refractivity contribution in [2.24, 2.45) is 0 Å². The van der Waals surface area contributed by atoms with Gasteiger partial charge in [0.2, 0.25) is 17.6 Å². The summed E-state index contributed by atoms with van der Waals surface area (Å²) in [5, 5.41) is 4.11.